The lowest BCUT2D eigenvalue weighted by Crippen LogP contribution is -2.36. The third-order valence-corrected chi connectivity index (χ3v) is 4.44. The van der Waals surface area contributed by atoms with Crippen molar-refractivity contribution in [2.45, 2.75) is 13.8 Å². The molecule has 2 atom stereocenters. The van der Waals surface area contributed by atoms with E-state index in [0.717, 1.165) is 4.90 Å². The molecule has 0 radical (unpaired) electrons. The lowest BCUT2D eigenvalue weighted by atomic mass is 10.0. The number of carbonyl (C=O) groups is 2. The first kappa shape index (κ1) is 12.2. The first-order chi connectivity index (χ1) is 8.89. The molecule has 2 fully saturated rings. The van der Waals surface area contributed by atoms with Crippen LogP contribution in [0.3, 0.4) is 0 Å². The molecule has 1 aliphatic carbocycles. The topological polar surface area (TPSA) is 61.2 Å². The normalized spacial score (nSPS) is 27.2. The monoisotopic (exact) mass is 274 g/mol. The van der Waals surface area contributed by atoms with Crippen molar-refractivity contribution in [2.75, 3.05) is 4.90 Å². The molecule has 2 amide bonds. The average molecular weight is 275 g/mol. The van der Waals surface area contributed by atoms with Crippen LogP contribution in [0.1, 0.15) is 19.4 Å². The van der Waals surface area contributed by atoms with Gasteiger partial charge in [0.05, 0.1) is 34.2 Å². The summed E-state index contributed by atoms with van der Waals surface area (Å²) in [5, 5.41) is 9.20. The molecular formula is C14H11ClN2O2. The number of carbonyl (C=O) groups excluding carboxylic acids is 2. The zero-order valence-corrected chi connectivity index (χ0v) is 11.2. The first-order valence-corrected chi connectivity index (χ1v) is 6.35. The summed E-state index contributed by atoms with van der Waals surface area (Å²) in [5.41, 5.74) is 0.447. The van der Waals surface area contributed by atoms with E-state index in [1.807, 2.05) is 19.9 Å². The molecule has 0 N–H and O–H groups in total. The van der Waals surface area contributed by atoms with E-state index in [9.17, 15) is 9.59 Å². The minimum absolute atomic E-state index is 0.211. The third-order valence-electron chi connectivity index (χ3n) is 4.12. The molecule has 0 bridgehead atoms. The van der Waals surface area contributed by atoms with E-state index < -0.39 is 0 Å². The number of halogens is 1. The van der Waals surface area contributed by atoms with E-state index in [1.54, 1.807) is 6.07 Å². The van der Waals surface area contributed by atoms with Crippen LogP contribution in [0.5, 0.6) is 0 Å². The highest BCUT2D eigenvalue weighted by Gasteiger charge is 2.72. The average Bonchev–Trinajstić information content (AvgIpc) is 2.82. The summed E-state index contributed by atoms with van der Waals surface area (Å²) in [5.74, 6) is -0.919. The molecule has 19 heavy (non-hydrogen) atoms. The van der Waals surface area contributed by atoms with Crippen molar-refractivity contribution in [3.63, 3.8) is 0 Å². The fraction of sp³-hybridized carbons (Fsp3) is 0.357. The van der Waals surface area contributed by atoms with Crippen molar-refractivity contribution in [1.29, 1.82) is 5.26 Å². The Labute approximate surface area is 115 Å². The summed E-state index contributed by atoms with van der Waals surface area (Å²) in [6.45, 7) is 3.84. The van der Waals surface area contributed by atoms with E-state index in [4.69, 9.17) is 16.9 Å². The number of nitrogens with zero attached hydrogens (tertiary/aromatic N) is 2. The summed E-state index contributed by atoms with van der Waals surface area (Å²) in [7, 11) is 0. The van der Waals surface area contributed by atoms with E-state index >= 15 is 0 Å². The Kier molecular flexibility index (Phi) is 2.30. The van der Waals surface area contributed by atoms with Gasteiger partial charge in [0.25, 0.3) is 0 Å². The van der Waals surface area contributed by atoms with Crippen molar-refractivity contribution >= 4 is 29.1 Å². The molecule has 2 aliphatic rings. The van der Waals surface area contributed by atoms with Crippen LogP contribution in [0, 0.1) is 28.6 Å². The lowest BCUT2D eigenvalue weighted by Gasteiger charge is -2.21. The van der Waals surface area contributed by atoms with Crippen LogP contribution in [0.15, 0.2) is 18.2 Å². The molecule has 4 nitrogen and oxygen atoms in total. The minimum atomic E-state index is -0.248. The molecule has 3 rings (SSSR count). The molecular weight excluding hydrogens is 264 g/mol. The van der Waals surface area contributed by atoms with Gasteiger partial charge in [0.15, 0.2) is 0 Å². The quantitative estimate of drug-likeness (QED) is 0.739. The molecule has 1 aromatic rings. The first-order valence-electron chi connectivity index (χ1n) is 5.97. The molecule has 2 unspecified atom stereocenters. The van der Waals surface area contributed by atoms with Crippen LogP contribution in [0.25, 0.3) is 0 Å². The standard InChI is InChI=1S/C14H11ClN2O2/c1-14(2)10-11(14)13(19)17(12(10)18)9-5-7(6-16)3-4-8(9)15/h3-5,10-11H,1-2H3. The van der Waals surface area contributed by atoms with E-state index in [1.165, 1.54) is 12.1 Å². The van der Waals surface area contributed by atoms with E-state index in [0.29, 0.717) is 16.3 Å². The maximum Gasteiger partial charge on any atom is 0.238 e. The summed E-state index contributed by atoms with van der Waals surface area (Å²) in [4.78, 5) is 25.7. The van der Waals surface area contributed by atoms with Crippen LogP contribution in [-0.2, 0) is 9.59 Å². The van der Waals surface area contributed by atoms with Crippen molar-refractivity contribution in [3.05, 3.63) is 28.8 Å². The van der Waals surface area contributed by atoms with Gasteiger partial charge >= 0.3 is 0 Å². The van der Waals surface area contributed by atoms with Gasteiger partial charge in [-0.3, -0.25) is 9.59 Å². The second kappa shape index (κ2) is 3.58. The van der Waals surface area contributed by atoms with Gasteiger partial charge in [-0.15, -0.1) is 0 Å². The van der Waals surface area contributed by atoms with Crippen molar-refractivity contribution < 1.29 is 9.59 Å². The van der Waals surface area contributed by atoms with Gasteiger partial charge in [-0.1, -0.05) is 25.4 Å². The summed E-state index contributed by atoms with van der Waals surface area (Å²) < 4.78 is 0. The molecule has 1 heterocycles. The second-order valence-electron chi connectivity index (χ2n) is 5.57. The number of piperidine rings is 1. The summed E-state index contributed by atoms with van der Waals surface area (Å²) in [6, 6.07) is 6.55. The summed E-state index contributed by atoms with van der Waals surface area (Å²) in [6.07, 6.45) is 0. The molecule has 1 aliphatic heterocycles. The minimum Gasteiger partial charge on any atom is -0.274 e. The van der Waals surface area contributed by atoms with Crippen molar-refractivity contribution in [3.8, 4) is 6.07 Å². The van der Waals surface area contributed by atoms with Gasteiger partial charge in [0, 0.05) is 0 Å². The van der Waals surface area contributed by atoms with Crippen LogP contribution in [0.4, 0.5) is 5.69 Å². The number of hydrogen-bond acceptors (Lipinski definition) is 3. The maximum absolute atomic E-state index is 12.3. The Bertz CT molecular complexity index is 636. The Balaban J connectivity index is 2.04. The second-order valence-corrected chi connectivity index (χ2v) is 5.97. The number of amides is 2. The SMILES string of the molecule is CC1(C)C2C(=O)N(c3cc(C#N)ccc3Cl)C(=O)C21. The predicted octanol–water partition coefficient (Wildman–Crippen LogP) is 2.36. The number of hydrogen-bond donors (Lipinski definition) is 0. The Morgan fingerprint density at radius 3 is 2.37 bits per heavy atom. The number of nitriles is 1. The highest BCUT2D eigenvalue weighted by atomic mass is 35.5. The van der Waals surface area contributed by atoms with Crippen LogP contribution >= 0.6 is 11.6 Å². The Morgan fingerprint density at radius 1 is 1.26 bits per heavy atom. The van der Waals surface area contributed by atoms with Crippen molar-refractivity contribution in [2.24, 2.45) is 17.3 Å². The van der Waals surface area contributed by atoms with Gasteiger partial charge in [-0.05, 0) is 23.6 Å². The smallest absolute Gasteiger partial charge is 0.238 e. The Hall–Kier alpha value is -1.86. The molecule has 0 aromatic heterocycles. The molecule has 1 saturated heterocycles. The lowest BCUT2D eigenvalue weighted by molar-refractivity contribution is -0.125. The highest BCUT2D eigenvalue weighted by molar-refractivity contribution is 6.36. The van der Waals surface area contributed by atoms with Crippen LogP contribution < -0.4 is 4.90 Å². The molecule has 1 saturated carbocycles. The third kappa shape index (κ3) is 1.45. The molecule has 5 heteroatoms. The van der Waals surface area contributed by atoms with Gasteiger partial charge in [0.1, 0.15) is 0 Å². The molecule has 96 valence electrons. The highest BCUT2D eigenvalue weighted by Crippen LogP contribution is 2.63. The number of rotatable bonds is 1. The van der Waals surface area contributed by atoms with E-state index in [2.05, 4.69) is 0 Å². The summed E-state index contributed by atoms with van der Waals surface area (Å²) >= 11 is 6.04. The molecule has 1 aromatic carbocycles. The largest absolute Gasteiger partial charge is 0.274 e. The number of fused-ring (bicyclic) bond motifs is 1. The maximum atomic E-state index is 12.3. The molecule has 0 spiro atoms. The zero-order chi connectivity index (χ0) is 13.9. The fourth-order valence-electron chi connectivity index (χ4n) is 2.94. The van der Waals surface area contributed by atoms with Gasteiger partial charge < -0.3 is 0 Å². The zero-order valence-electron chi connectivity index (χ0n) is 10.5. The van der Waals surface area contributed by atoms with Crippen molar-refractivity contribution in [1.82, 2.24) is 0 Å². The number of benzene rings is 1. The van der Waals surface area contributed by atoms with Crippen LogP contribution in [-0.4, -0.2) is 11.8 Å². The number of imide groups is 1. The van der Waals surface area contributed by atoms with Crippen LogP contribution in [0.2, 0.25) is 5.02 Å². The van der Waals surface area contributed by atoms with Gasteiger partial charge in [0.2, 0.25) is 11.8 Å². The fourth-order valence-corrected chi connectivity index (χ4v) is 3.14. The number of anilines is 1. The van der Waals surface area contributed by atoms with Gasteiger partial charge in [-0.2, -0.15) is 5.26 Å². The van der Waals surface area contributed by atoms with Gasteiger partial charge in [-0.25, -0.2) is 4.90 Å². The van der Waals surface area contributed by atoms with E-state index in [-0.39, 0.29) is 29.1 Å². The Morgan fingerprint density at radius 2 is 1.84 bits per heavy atom. The predicted molar refractivity (Wildman–Crippen MR) is 69.4 cm³/mol.